The maximum atomic E-state index is 12.1. The molecule has 1 aromatic rings. The van der Waals surface area contributed by atoms with E-state index < -0.39 is 10.0 Å². The molecule has 2 rings (SSSR count). The number of hydrogen-bond acceptors (Lipinski definition) is 3. The van der Waals surface area contributed by atoms with Gasteiger partial charge >= 0.3 is 0 Å². The second-order valence-corrected chi connectivity index (χ2v) is 6.60. The summed E-state index contributed by atoms with van der Waals surface area (Å²) in [5, 5.41) is 9.61. The van der Waals surface area contributed by atoms with Crippen LogP contribution in [0.2, 0.25) is 0 Å². The Labute approximate surface area is 108 Å². The van der Waals surface area contributed by atoms with Crippen molar-refractivity contribution in [1.29, 1.82) is 0 Å². The van der Waals surface area contributed by atoms with Crippen molar-refractivity contribution in [3.63, 3.8) is 0 Å². The van der Waals surface area contributed by atoms with Gasteiger partial charge in [0, 0.05) is 6.04 Å². The van der Waals surface area contributed by atoms with Crippen LogP contribution in [0.25, 0.3) is 0 Å². The van der Waals surface area contributed by atoms with Gasteiger partial charge < -0.3 is 5.11 Å². The average molecular weight is 269 g/mol. The highest BCUT2D eigenvalue weighted by Crippen LogP contribution is 2.29. The fourth-order valence-electron chi connectivity index (χ4n) is 2.55. The second kappa shape index (κ2) is 5.28. The van der Waals surface area contributed by atoms with Crippen molar-refractivity contribution < 1.29 is 13.5 Å². The summed E-state index contributed by atoms with van der Waals surface area (Å²) < 4.78 is 27.0. The highest BCUT2D eigenvalue weighted by molar-refractivity contribution is 7.89. The van der Waals surface area contributed by atoms with E-state index in [0.717, 1.165) is 12.8 Å². The molecule has 0 aromatic heterocycles. The molecule has 0 radical (unpaired) electrons. The van der Waals surface area contributed by atoms with Crippen LogP contribution < -0.4 is 4.72 Å². The van der Waals surface area contributed by atoms with E-state index in [0.29, 0.717) is 5.92 Å². The molecule has 0 aliphatic heterocycles. The van der Waals surface area contributed by atoms with E-state index in [1.807, 2.05) is 6.92 Å². The number of aromatic hydroxyl groups is 1. The van der Waals surface area contributed by atoms with Crippen LogP contribution in [-0.2, 0) is 10.0 Å². The molecule has 0 heterocycles. The third-order valence-electron chi connectivity index (χ3n) is 3.60. The van der Waals surface area contributed by atoms with E-state index in [1.54, 1.807) is 12.1 Å². The Morgan fingerprint density at radius 3 is 2.50 bits per heavy atom. The molecular formula is C13H19NO3S. The van der Waals surface area contributed by atoms with E-state index in [2.05, 4.69) is 4.72 Å². The minimum atomic E-state index is -3.63. The third kappa shape index (κ3) is 2.84. The third-order valence-corrected chi connectivity index (χ3v) is 5.21. The number of phenolic OH excluding ortho intramolecular Hbond substituents is 1. The second-order valence-electron chi connectivity index (χ2n) is 4.92. The van der Waals surface area contributed by atoms with E-state index in [9.17, 15) is 13.5 Å². The molecule has 100 valence electrons. The molecule has 1 unspecified atom stereocenters. The lowest BCUT2D eigenvalue weighted by Gasteiger charge is -2.20. The largest absolute Gasteiger partial charge is 0.507 e. The fourth-order valence-corrected chi connectivity index (χ4v) is 3.96. The van der Waals surface area contributed by atoms with Gasteiger partial charge in [-0.1, -0.05) is 25.0 Å². The maximum absolute atomic E-state index is 12.1. The van der Waals surface area contributed by atoms with Crippen LogP contribution in [0.1, 0.15) is 32.6 Å². The lowest BCUT2D eigenvalue weighted by molar-refractivity contribution is 0.420. The monoisotopic (exact) mass is 269 g/mol. The van der Waals surface area contributed by atoms with Gasteiger partial charge in [-0.2, -0.15) is 0 Å². The summed E-state index contributed by atoms with van der Waals surface area (Å²) in [6.07, 6.45) is 4.50. The van der Waals surface area contributed by atoms with Crippen molar-refractivity contribution in [2.75, 3.05) is 0 Å². The van der Waals surface area contributed by atoms with E-state index in [1.165, 1.54) is 25.0 Å². The van der Waals surface area contributed by atoms with Crippen molar-refractivity contribution in [2.45, 2.75) is 43.5 Å². The van der Waals surface area contributed by atoms with Crippen LogP contribution in [0, 0.1) is 5.92 Å². The van der Waals surface area contributed by atoms with Crippen LogP contribution in [0.5, 0.6) is 5.75 Å². The molecule has 1 atom stereocenters. The number of rotatable bonds is 4. The lowest BCUT2D eigenvalue weighted by Crippen LogP contribution is -2.37. The molecule has 2 N–H and O–H groups in total. The molecule has 1 aliphatic carbocycles. The molecular weight excluding hydrogens is 250 g/mol. The lowest BCUT2D eigenvalue weighted by atomic mass is 10.0. The van der Waals surface area contributed by atoms with Gasteiger partial charge in [0.25, 0.3) is 0 Å². The van der Waals surface area contributed by atoms with Gasteiger partial charge in [0.15, 0.2) is 0 Å². The van der Waals surface area contributed by atoms with Crippen molar-refractivity contribution in [3.05, 3.63) is 24.3 Å². The smallest absolute Gasteiger partial charge is 0.244 e. The summed E-state index contributed by atoms with van der Waals surface area (Å²) in [5.74, 6) is 0.203. The molecule has 4 nitrogen and oxygen atoms in total. The summed E-state index contributed by atoms with van der Waals surface area (Å²) >= 11 is 0. The van der Waals surface area contributed by atoms with E-state index in [-0.39, 0.29) is 16.7 Å². The molecule has 0 amide bonds. The van der Waals surface area contributed by atoms with Gasteiger partial charge in [-0.3, -0.25) is 0 Å². The minimum Gasteiger partial charge on any atom is -0.507 e. The Hall–Kier alpha value is -1.07. The predicted molar refractivity (Wildman–Crippen MR) is 69.8 cm³/mol. The Morgan fingerprint density at radius 1 is 1.28 bits per heavy atom. The maximum Gasteiger partial charge on any atom is 0.244 e. The first kappa shape index (κ1) is 13.4. The van der Waals surface area contributed by atoms with Crippen LogP contribution in [0.3, 0.4) is 0 Å². The first-order valence-corrected chi connectivity index (χ1v) is 7.79. The molecule has 5 heteroatoms. The fraction of sp³-hybridized carbons (Fsp3) is 0.538. The predicted octanol–water partition coefficient (Wildman–Crippen LogP) is 2.25. The summed E-state index contributed by atoms with van der Waals surface area (Å²) in [4.78, 5) is -0.0464. The average Bonchev–Trinajstić information content (AvgIpc) is 2.82. The first-order valence-electron chi connectivity index (χ1n) is 6.31. The van der Waals surface area contributed by atoms with Crippen molar-refractivity contribution >= 4 is 10.0 Å². The summed E-state index contributed by atoms with van der Waals surface area (Å²) in [7, 11) is -3.63. The van der Waals surface area contributed by atoms with E-state index >= 15 is 0 Å². The molecule has 0 spiro atoms. The van der Waals surface area contributed by atoms with Crippen molar-refractivity contribution in [2.24, 2.45) is 5.92 Å². The number of para-hydroxylation sites is 1. The molecule has 1 fully saturated rings. The van der Waals surface area contributed by atoms with Gasteiger partial charge in [0.05, 0.1) is 0 Å². The van der Waals surface area contributed by atoms with Gasteiger partial charge in [0.2, 0.25) is 10.0 Å². The summed E-state index contributed by atoms with van der Waals surface area (Å²) in [6.45, 7) is 1.90. The number of benzene rings is 1. The van der Waals surface area contributed by atoms with Crippen LogP contribution in [0.15, 0.2) is 29.2 Å². The van der Waals surface area contributed by atoms with Crippen LogP contribution in [-0.4, -0.2) is 19.6 Å². The van der Waals surface area contributed by atoms with Gasteiger partial charge in [-0.15, -0.1) is 0 Å². The van der Waals surface area contributed by atoms with Crippen molar-refractivity contribution in [1.82, 2.24) is 4.72 Å². The minimum absolute atomic E-state index is 0.0464. The van der Waals surface area contributed by atoms with Crippen LogP contribution in [0.4, 0.5) is 0 Å². The Morgan fingerprint density at radius 2 is 1.89 bits per heavy atom. The standard InChI is InChI=1S/C13H19NO3S/c1-10(11-6-2-3-7-11)14-18(16,17)13-9-5-4-8-12(13)15/h4-5,8-11,14-15H,2-3,6-7H2,1H3. The summed E-state index contributed by atoms with van der Waals surface area (Å²) in [5.41, 5.74) is 0. The van der Waals surface area contributed by atoms with Gasteiger partial charge in [-0.05, 0) is 37.8 Å². The Bertz CT molecular complexity index is 507. The number of phenols is 1. The first-order chi connectivity index (χ1) is 8.50. The van der Waals surface area contributed by atoms with Crippen molar-refractivity contribution in [3.8, 4) is 5.75 Å². The SMILES string of the molecule is CC(NS(=O)(=O)c1ccccc1O)C1CCCC1. The zero-order chi connectivity index (χ0) is 13.2. The number of nitrogens with one attached hydrogen (secondary N) is 1. The van der Waals surface area contributed by atoms with Crippen LogP contribution >= 0.6 is 0 Å². The molecule has 1 aliphatic rings. The zero-order valence-corrected chi connectivity index (χ0v) is 11.3. The molecule has 0 bridgehead atoms. The molecule has 1 saturated carbocycles. The highest BCUT2D eigenvalue weighted by atomic mass is 32.2. The molecule has 18 heavy (non-hydrogen) atoms. The zero-order valence-electron chi connectivity index (χ0n) is 10.5. The number of hydrogen-bond donors (Lipinski definition) is 2. The highest BCUT2D eigenvalue weighted by Gasteiger charge is 2.27. The quantitative estimate of drug-likeness (QED) is 0.881. The topological polar surface area (TPSA) is 66.4 Å². The molecule has 1 aromatic carbocycles. The van der Waals surface area contributed by atoms with E-state index in [4.69, 9.17) is 0 Å². The summed E-state index contributed by atoms with van der Waals surface area (Å²) in [6, 6.07) is 5.93. The number of sulfonamides is 1. The van der Waals surface area contributed by atoms with Gasteiger partial charge in [0.1, 0.15) is 10.6 Å². The van der Waals surface area contributed by atoms with Gasteiger partial charge in [-0.25, -0.2) is 13.1 Å². The molecule has 0 saturated heterocycles. The normalized spacial score (nSPS) is 18.9. The Balaban J connectivity index is 2.14. The Kier molecular flexibility index (Phi) is 3.92.